The van der Waals surface area contributed by atoms with Gasteiger partial charge in [0.2, 0.25) is 0 Å². The van der Waals surface area contributed by atoms with Crippen LogP contribution >= 0.6 is 0 Å². The Kier molecular flexibility index (Phi) is 5.57. The molecule has 25 heavy (non-hydrogen) atoms. The van der Waals surface area contributed by atoms with Gasteiger partial charge >= 0.3 is 0 Å². The van der Waals surface area contributed by atoms with Crippen LogP contribution in [-0.4, -0.2) is 34.8 Å². The lowest BCUT2D eigenvalue weighted by atomic mass is 10.1. The molecule has 2 amide bonds. The summed E-state index contributed by atoms with van der Waals surface area (Å²) in [5.74, 6) is -0.436. The number of aromatic nitrogens is 1. The molecular formula is C20H21N3O2. The van der Waals surface area contributed by atoms with Gasteiger partial charge in [-0.25, -0.2) is 0 Å². The molecule has 3 rings (SSSR count). The van der Waals surface area contributed by atoms with Crippen molar-refractivity contribution in [3.8, 4) is 0 Å². The van der Waals surface area contributed by atoms with Crippen LogP contribution in [0, 0.1) is 0 Å². The van der Waals surface area contributed by atoms with E-state index in [1.807, 2.05) is 12.1 Å². The lowest BCUT2D eigenvalue weighted by Crippen LogP contribution is -2.41. The molecule has 0 aliphatic carbocycles. The highest BCUT2D eigenvalue weighted by molar-refractivity contribution is 6.05. The van der Waals surface area contributed by atoms with Crippen molar-refractivity contribution < 1.29 is 9.59 Å². The van der Waals surface area contributed by atoms with Crippen LogP contribution in [0.25, 0.3) is 6.08 Å². The first-order chi connectivity index (χ1) is 12.2. The van der Waals surface area contributed by atoms with Crippen LogP contribution < -0.4 is 5.32 Å². The molecule has 1 saturated heterocycles. The van der Waals surface area contributed by atoms with Crippen LogP contribution in [0.4, 0.5) is 0 Å². The predicted octanol–water partition coefficient (Wildman–Crippen LogP) is 2.87. The normalized spacial score (nSPS) is 14.9. The minimum absolute atomic E-state index is 0.146. The number of carbonyl (C=O) groups is 2. The van der Waals surface area contributed by atoms with E-state index in [1.165, 1.54) is 0 Å². The zero-order chi connectivity index (χ0) is 17.5. The third kappa shape index (κ3) is 4.53. The maximum atomic E-state index is 12.9. The lowest BCUT2D eigenvalue weighted by Gasteiger charge is -2.27. The minimum atomic E-state index is -0.291. The van der Waals surface area contributed by atoms with Gasteiger partial charge in [0.1, 0.15) is 5.70 Å². The fraction of sp³-hybridized carbons (Fsp3) is 0.250. The van der Waals surface area contributed by atoms with E-state index in [9.17, 15) is 9.59 Å². The highest BCUT2D eigenvalue weighted by Gasteiger charge is 2.22. The Morgan fingerprint density at radius 1 is 1.00 bits per heavy atom. The van der Waals surface area contributed by atoms with Gasteiger partial charge in [-0.05, 0) is 49.1 Å². The number of hydrogen-bond donors (Lipinski definition) is 1. The van der Waals surface area contributed by atoms with Crippen LogP contribution in [0.2, 0.25) is 0 Å². The molecule has 2 heterocycles. The topological polar surface area (TPSA) is 62.3 Å². The molecule has 1 aliphatic rings. The van der Waals surface area contributed by atoms with Crippen LogP contribution in [0.3, 0.4) is 0 Å². The second kappa shape index (κ2) is 8.24. The van der Waals surface area contributed by atoms with Crippen molar-refractivity contribution in [2.75, 3.05) is 13.1 Å². The van der Waals surface area contributed by atoms with E-state index >= 15 is 0 Å². The van der Waals surface area contributed by atoms with Crippen molar-refractivity contribution >= 4 is 17.9 Å². The molecule has 0 unspecified atom stereocenters. The second-order valence-electron chi connectivity index (χ2n) is 6.02. The SMILES string of the molecule is O=C(N/C(=C\c1cccnc1)C(=O)N1CCCCC1)c1ccccc1. The van der Waals surface area contributed by atoms with Crippen molar-refractivity contribution in [1.82, 2.24) is 15.2 Å². The van der Waals surface area contributed by atoms with E-state index in [1.54, 1.807) is 53.7 Å². The van der Waals surface area contributed by atoms with Crippen molar-refractivity contribution in [2.45, 2.75) is 19.3 Å². The van der Waals surface area contributed by atoms with E-state index in [0.717, 1.165) is 37.9 Å². The Labute approximate surface area is 147 Å². The average Bonchev–Trinajstić information content (AvgIpc) is 2.69. The third-order valence-corrected chi connectivity index (χ3v) is 4.15. The number of benzene rings is 1. The van der Waals surface area contributed by atoms with Crippen molar-refractivity contribution in [1.29, 1.82) is 0 Å². The van der Waals surface area contributed by atoms with Crippen molar-refractivity contribution in [3.05, 3.63) is 71.7 Å². The van der Waals surface area contributed by atoms with Gasteiger partial charge in [0.05, 0.1) is 0 Å². The van der Waals surface area contributed by atoms with Gasteiger partial charge in [0.15, 0.2) is 0 Å². The standard InChI is InChI=1S/C20H21N3O2/c24-19(17-9-3-1-4-10-17)22-18(14-16-8-7-11-21-15-16)20(25)23-12-5-2-6-13-23/h1,3-4,7-11,14-15H,2,5-6,12-13H2,(H,22,24)/b18-14-. The molecule has 0 radical (unpaired) electrons. The third-order valence-electron chi connectivity index (χ3n) is 4.15. The van der Waals surface area contributed by atoms with Gasteiger partial charge in [-0.15, -0.1) is 0 Å². The number of rotatable bonds is 4. The molecule has 1 aromatic carbocycles. The molecule has 5 heteroatoms. The van der Waals surface area contributed by atoms with Crippen molar-refractivity contribution in [3.63, 3.8) is 0 Å². The van der Waals surface area contributed by atoms with E-state index < -0.39 is 0 Å². The summed E-state index contributed by atoms with van der Waals surface area (Å²) in [6, 6.07) is 12.5. The van der Waals surface area contributed by atoms with E-state index in [0.29, 0.717) is 5.56 Å². The number of amides is 2. The molecule has 1 aliphatic heterocycles. The molecule has 128 valence electrons. The zero-order valence-corrected chi connectivity index (χ0v) is 14.0. The average molecular weight is 335 g/mol. The number of carbonyl (C=O) groups excluding carboxylic acids is 2. The zero-order valence-electron chi connectivity index (χ0n) is 14.0. The summed E-state index contributed by atoms with van der Waals surface area (Å²) in [6.07, 6.45) is 8.16. The Hall–Kier alpha value is -2.95. The minimum Gasteiger partial charge on any atom is -0.337 e. The first-order valence-corrected chi connectivity index (χ1v) is 8.51. The number of pyridine rings is 1. The fourth-order valence-electron chi connectivity index (χ4n) is 2.83. The highest BCUT2D eigenvalue weighted by Crippen LogP contribution is 2.14. The summed E-state index contributed by atoms with van der Waals surface area (Å²) >= 11 is 0. The van der Waals surface area contributed by atoms with Gasteiger partial charge in [-0.1, -0.05) is 24.3 Å². The largest absolute Gasteiger partial charge is 0.337 e. The smallest absolute Gasteiger partial charge is 0.270 e. The summed E-state index contributed by atoms with van der Waals surface area (Å²) in [5, 5.41) is 2.78. The van der Waals surface area contributed by atoms with Crippen LogP contribution in [-0.2, 0) is 4.79 Å². The van der Waals surface area contributed by atoms with Gasteiger partial charge in [-0.2, -0.15) is 0 Å². The molecule has 0 bridgehead atoms. The molecule has 1 aromatic heterocycles. The van der Waals surface area contributed by atoms with E-state index in [2.05, 4.69) is 10.3 Å². The predicted molar refractivity (Wildman–Crippen MR) is 96.6 cm³/mol. The van der Waals surface area contributed by atoms with Gasteiger partial charge in [0.25, 0.3) is 11.8 Å². The fourth-order valence-corrected chi connectivity index (χ4v) is 2.83. The highest BCUT2D eigenvalue weighted by atomic mass is 16.2. The second-order valence-corrected chi connectivity index (χ2v) is 6.02. The van der Waals surface area contributed by atoms with Crippen LogP contribution in [0.5, 0.6) is 0 Å². The van der Waals surface area contributed by atoms with Gasteiger partial charge in [0, 0.05) is 31.0 Å². The Bertz CT molecular complexity index is 751. The first-order valence-electron chi connectivity index (χ1n) is 8.51. The number of nitrogens with zero attached hydrogens (tertiary/aromatic N) is 2. The Balaban J connectivity index is 1.85. The molecule has 2 aromatic rings. The Morgan fingerprint density at radius 3 is 2.44 bits per heavy atom. The number of hydrogen-bond acceptors (Lipinski definition) is 3. The quantitative estimate of drug-likeness (QED) is 0.874. The molecule has 1 fully saturated rings. The van der Waals surface area contributed by atoms with Crippen LogP contribution in [0.1, 0.15) is 35.2 Å². The molecule has 0 atom stereocenters. The number of likely N-dealkylation sites (tertiary alicyclic amines) is 1. The maximum Gasteiger partial charge on any atom is 0.270 e. The van der Waals surface area contributed by atoms with Gasteiger partial charge in [-0.3, -0.25) is 14.6 Å². The maximum absolute atomic E-state index is 12.9. The van der Waals surface area contributed by atoms with Crippen LogP contribution in [0.15, 0.2) is 60.6 Å². The summed E-state index contributed by atoms with van der Waals surface area (Å²) in [6.45, 7) is 1.45. The summed E-state index contributed by atoms with van der Waals surface area (Å²) in [4.78, 5) is 31.3. The summed E-state index contributed by atoms with van der Waals surface area (Å²) in [7, 11) is 0. The molecule has 5 nitrogen and oxygen atoms in total. The monoisotopic (exact) mass is 335 g/mol. The number of piperidine rings is 1. The molecule has 0 spiro atoms. The summed E-state index contributed by atoms with van der Waals surface area (Å²) < 4.78 is 0. The lowest BCUT2D eigenvalue weighted by molar-refractivity contribution is -0.128. The van der Waals surface area contributed by atoms with Gasteiger partial charge < -0.3 is 10.2 Å². The summed E-state index contributed by atoms with van der Waals surface area (Å²) in [5.41, 5.74) is 1.58. The molecular weight excluding hydrogens is 314 g/mol. The van der Waals surface area contributed by atoms with E-state index in [-0.39, 0.29) is 17.5 Å². The molecule has 0 saturated carbocycles. The number of nitrogens with one attached hydrogen (secondary N) is 1. The Morgan fingerprint density at radius 2 is 1.76 bits per heavy atom. The van der Waals surface area contributed by atoms with Crippen molar-refractivity contribution in [2.24, 2.45) is 0 Å². The first kappa shape index (κ1) is 16.9. The van der Waals surface area contributed by atoms with E-state index in [4.69, 9.17) is 0 Å². The molecule has 1 N–H and O–H groups in total.